The highest BCUT2D eigenvalue weighted by atomic mass is 16.5. The first-order valence-electron chi connectivity index (χ1n) is 7.43. The van der Waals surface area contributed by atoms with Gasteiger partial charge in [-0.3, -0.25) is 9.80 Å². The normalized spacial score (nSPS) is 15.4. The number of rotatable bonds is 6. The fourth-order valence-electron chi connectivity index (χ4n) is 2.62. The Morgan fingerprint density at radius 3 is 3.00 bits per heavy atom. The van der Waals surface area contributed by atoms with Crippen LogP contribution >= 0.6 is 0 Å². The van der Waals surface area contributed by atoms with Crippen molar-refractivity contribution in [3.8, 4) is 0 Å². The summed E-state index contributed by atoms with van der Waals surface area (Å²) in [6, 6.07) is 3.17. The van der Waals surface area contributed by atoms with Crippen LogP contribution in [0.2, 0.25) is 0 Å². The number of hydrogen-bond donors (Lipinski definition) is 1. The molecule has 0 amide bonds. The lowest BCUT2D eigenvalue weighted by molar-refractivity contribution is 0.236. The van der Waals surface area contributed by atoms with E-state index in [2.05, 4.69) is 26.8 Å². The molecule has 0 saturated heterocycles. The number of H-pyrrole nitrogens is 1. The maximum absolute atomic E-state index is 11.5. The molecule has 0 aliphatic heterocycles. The molecule has 1 aliphatic carbocycles. The van der Waals surface area contributed by atoms with Gasteiger partial charge in [-0.15, -0.1) is 0 Å². The van der Waals surface area contributed by atoms with Gasteiger partial charge >= 0.3 is 0 Å². The van der Waals surface area contributed by atoms with Gasteiger partial charge in [-0.05, 0) is 18.9 Å². The van der Waals surface area contributed by atoms with E-state index in [1.165, 1.54) is 6.07 Å². The molecule has 122 valence electrons. The van der Waals surface area contributed by atoms with Crippen LogP contribution in [0, 0.1) is 5.92 Å². The van der Waals surface area contributed by atoms with Crippen molar-refractivity contribution < 1.29 is 6.16 Å². The summed E-state index contributed by atoms with van der Waals surface area (Å²) in [5.74, 6) is 0.961. The van der Waals surface area contributed by atoms with Crippen molar-refractivity contribution in [2.75, 3.05) is 20.8 Å². The molecular weight excluding hydrogens is 294 g/mol. The van der Waals surface area contributed by atoms with Crippen LogP contribution in [0.5, 0.6) is 0 Å². The van der Waals surface area contributed by atoms with Crippen molar-refractivity contribution in [2.24, 2.45) is 11.0 Å². The number of nitrogens with zero attached hydrogens (tertiary/aromatic N) is 4. The van der Waals surface area contributed by atoms with E-state index in [0.717, 1.165) is 29.5 Å². The molecule has 7 nitrogen and oxygen atoms in total. The smallest absolute Gasteiger partial charge is 0.249 e. The van der Waals surface area contributed by atoms with Gasteiger partial charge in [0.2, 0.25) is 5.56 Å². The monoisotopic (exact) mass is 315 g/mol. The Morgan fingerprint density at radius 1 is 1.57 bits per heavy atom. The predicted molar refractivity (Wildman–Crippen MR) is 91.1 cm³/mol. The number of aromatic amines is 1. The zero-order valence-corrected chi connectivity index (χ0v) is 13.2. The molecule has 1 fully saturated rings. The highest BCUT2D eigenvalue weighted by molar-refractivity contribution is 5.76. The number of hydrogen-bond acceptors (Lipinski definition) is 6. The zero-order valence-electron chi connectivity index (χ0n) is 13.2. The molecule has 1 N–H and O–H groups in total. The fourth-order valence-corrected chi connectivity index (χ4v) is 2.62. The lowest BCUT2D eigenvalue weighted by atomic mass is 10.1. The van der Waals surface area contributed by atoms with Crippen LogP contribution in [-0.4, -0.2) is 47.4 Å². The minimum absolute atomic E-state index is 0. The third kappa shape index (κ3) is 3.14. The molecule has 0 bridgehead atoms. The fraction of sp³-hybridized carbons (Fsp3) is 0.375. The van der Waals surface area contributed by atoms with Gasteiger partial charge in [0.1, 0.15) is 5.65 Å². The Morgan fingerprint density at radius 2 is 2.35 bits per heavy atom. The number of methoxy groups -OCH3 is 1. The number of hydrazone groups is 1. The highest BCUT2D eigenvalue weighted by Crippen LogP contribution is 2.41. The average Bonchev–Trinajstić information content (AvgIpc) is 3.38. The summed E-state index contributed by atoms with van der Waals surface area (Å²) in [7, 11) is 3.49. The maximum Gasteiger partial charge on any atom is 0.249 e. The van der Waals surface area contributed by atoms with Crippen LogP contribution < -0.4 is 5.56 Å². The Bertz CT molecular complexity index is 829. The van der Waals surface area contributed by atoms with E-state index in [-0.39, 0.29) is 6.99 Å². The van der Waals surface area contributed by atoms with Gasteiger partial charge in [0.05, 0.1) is 6.61 Å². The molecular formula is C16H21N5O2. The van der Waals surface area contributed by atoms with Crippen molar-refractivity contribution in [2.45, 2.75) is 12.8 Å². The largest absolute Gasteiger partial charge is 0.380 e. The number of aromatic nitrogens is 3. The standard InChI is InChI=1S/C16H19N5O2.H2/c1-17-21(2)14(10-4-5-10)12(9-23-3)16-18-8-11-6-7-13(22)19-15(11)20-16;/h6-8,10H,1,4-5,9H2,2-3H3,(H,18,19,20,22);1H/b14-12+;. The highest BCUT2D eigenvalue weighted by Gasteiger charge is 2.32. The maximum atomic E-state index is 11.5. The molecule has 3 rings (SSSR count). The van der Waals surface area contributed by atoms with E-state index in [4.69, 9.17) is 4.74 Å². The first-order chi connectivity index (χ1) is 11.1. The van der Waals surface area contributed by atoms with Gasteiger partial charge in [-0.1, -0.05) is 0 Å². The van der Waals surface area contributed by atoms with Gasteiger partial charge < -0.3 is 9.72 Å². The molecule has 0 spiro atoms. The molecule has 2 aromatic heterocycles. The van der Waals surface area contributed by atoms with Crippen molar-refractivity contribution in [1.82, 2.24) is 20.0 Å². The number of ether oxygens (including phenoxy) is 1. The van der Waals surface area contributed by atoms with Crippen molar-refractivity contribution in [1.29, 1.82) is 0 Å². The van der Waals surface area contributed by atoms with E-state index in [9.17, 15) is 4.79 Å². The van der Waals surface area contributed by atoms with E-state index in [0.29, 0.717) is 24.0 Å². The summed E-state index contributed by atoms with van der Waals surface area (Å²) in [6.45, 7) is 3.97. The van der Waals surface area contributed by atoms with E-state index < -0.39 is 0 Å². The third-order valence-electron chi connectivity index (χ3n) is 3.87. The summed E-state index contributed by atoms with van der Waals surface area (Å²) < 4.78 is 5.35. The Kier molecular flexibility index (Phi) is 4.20. The summed E-state index contributed by atoms with van der Waals surface area (Å²) in [4.78, 5) is 23.2. The molecule has 0 atom stereocenters. The van der Waals surface area contributed by atoms with Crippen LogP contribution in [0.4, 0.5) is 0 Å². The molecule has 1 aliphatic rings. The minimum Gasteiger partial charge on any atom is -0.380 e. The molecule has 0 radical (unpaired) electrons. The predicted octanol–water partition coefficient (Wildman–Crippen LogP) is 1.88. The van der Waals surface area contributed by atoms with Crippen molar-refractivity contribution in [3.63, 3.8) is 0 Å². The van der Waals surface area contributed by atoms with Gasteiger partial charge in [-0.25, -0.2) is 9.97 Å². The lowest BCUT2D eigenvalue weighted by Gasteiger charge is -2.20. The third-order valence-corrected chi connectivity index (χ3v) is 3.87. The summed E-state index contributed by atoms with van der Waals surface area (Å²) in [5, 5.41) is 6.55. The second kappa shape index (κ2) is 6.29. The van der Waals surface area contributed by atoms with E-state index in [1.54, 1.807) is 24.4 Å². The van der Waals surface area contributed by atoms with Gasteiger partial charge in [0, 0.05) is 57.1 Å². The first kappa shape index (κ1) is 15.4. The minimum atomic E-state index is -0.188. The molecule has 7 heteroatoms. The van der Waals surface area contributed by atoms with Crippen LogP contribution in [0.15, 0.2) is 33.9 Å². The summed E-state index contributed by atoms with van der Waals surface area (Å²) in [5.41, 5.74) is 2.23. The number of nitrogens with one attached hydrogen (secondary N) is 1. The topological polar surface area (TPSA) is 83.5 Å². The second-order valence-corrected chi connectivity index (χ2v) is 5.56. The van der Waals surface area contributed by atoms with Crippen LogP contribution in [0.3, 0.4) is 0 Å². The van der Waals surface area contributed by atoms with E-state index >= 15 is 0 Å². The van der Waals surface area contributed by atoms with Crippen molar-refractivity contribution >= 4 is 23.3 Å². The first-order valence-corrected chi connectivity index (χ1v) is 7.43. The summed E-state index contributed by atoms with van der Waals surface area (Å²) in [6.07, 6.45) is 3.91. The molecule has 0 aromatic carbocycles. The van der Waals surface area contributed by atoms with Gasteiger partial charge in [-0.2, -0.15) is 5.10 Å². The van der Waals surface area contributed by atoms with E-state index in [1.807, 2.05) is 7.05 Å². The lowest BCUT2D eigenvalue weighted by Crippen LogP contribution is -2.17. The quantitative estimate of drug-likeness (QED) is 0.650. The molecule has 2 heterocycles. The number of fused-ring (bicyclic) bond motifs is 1. The van der Waals surface area contributed by atoms with Crippen molar-refractivity contribution in [3.05, 3.63) is 40.2 Å². The number of allylic oxidation sites excluding steroid dienone is 1. The zero-order chi connectivity index (χ0) is 16.4. The SMILES string of the molecule is C=NN(C)/C(=C(\COC)c1ncc2ccc(=O)[nH]c2n1)C1CC1.[HH]. The Hall–Kier alpha value is -2.54. The Labute approximate surface area is 135 Å². The molecule has 1 saturated carbocycles. The van der Waals surface area contributed by atoms with Gasteiger partial charge in [0.15, 0.2) is 5.82 Å². The van der Waals surface area contributed by atoms with Crippen LogP contribution in [-0.2, 0) is 4.74 Å². The molecule has 0 unspecified atom stereocenters. The molecule has 23 heavy (non-hydrogen) atoms. The average molecular weight is 315 g/mol. The Balaban J connectivity index is 0.00000208. The van der Waals surface area contributed by atoms with Gasteiger partial charge in [0.25, 0.3) is 0 Å². The summed E-state index contributed by atoms with van der Waals surface area (Å²) >= 11 is 0. The molecule has 2 aromatic rings. The number of pyridine rings is 1. The second-order valence-electron chi connectivity index (χ2n) is 5.56. The van der Waals surface area contributed by atoms with Crippen LogP contribution in [0.25, 0.3) is 16.6 Å². The van der Waals surface area contributed by atoms with Crippen LogP contribution in [0.1, 0.15) is 20.1 Å².